The number of aliphatic hydroxyl groups is 2. The molecule has 6 aromatic rings. The standard InChI is InChI=1S/C29H42N4O4Si.C20H23FN4O2/c1-28(2,3)36-27(35)33-24-10-9-23(37-38(7,8)29(4,5)6)15-21(24)16-25(33)22-17-30-26(31-18-22)32-13-11-20(19-34)12-14-32;21-5-8-27-17-1-2-18-15(9-17)10-19(24-18)16-11-22-20(23-12-16)25-6-3-14(13-26)4-7-25/h9-10,15-18,20,34H,11-14,19H2,1-8H3;1-2,9-12,14,24,26H,3-8,13H2. The summed E-state index contributed by atoms with van der Waals surface area (Å²) >= 11 is 0. The minimum atomic E-state index is -2.02. The highest BCUT2D eigenvalue weighted by molar-refractivity contribution is 6.74. The molecule has 3 N–H and O–H groups in total. The van der Waals surface area contributed by atoms with Crippen LogP contribution >= 0.6 is 0 Å². The number of nitrogens with one attached hydrogen (secondary N) is 1. The van der Waals surface area contributed by atoms with Crippen LogP contribution in [0.15, 0.2) is 73.3 Å². The summed E-state index contributed by atoms with van der Waals surface area (Å²) in [6.45, 7) is 20.1. The maximum absolute atomic E-state index is 13.4. The third-order valence-corrected chi connectivity index (χ3v) is 17.0. The molecule has 0 radical (unpaired) electrons. The number of aromatic amines is 1. The minimum Gasteiger partial charge on any atom is -0.543 e. The van der Waals surface area contributed by atoms with Gasteiger partial charge in [-0.3, -0.25) is 0 Å². The molecule has 0 spiro atoms. The predicted octanol–water partition coefficient (Wildman–Crippen LogP) is 9.66. The third-order valence-electron chi connectivity index (χ3n) is 12.7. The Labute approximate surface area is 382 Å². The van der Waals surface area contributed by atoms with E-state index in [2.05, 4.69) is 68.6 Å². The number of hydrogen-bond donors (Lipinski definition) is 3. The molecule has 348 valence electrons. The maximum Gasteiger partial charge on any atom is 0.419 e. The van der Waals surface area contributed by atoms with Gasteiger partial charge in [0.25, 0.3) is 0 Å². The number of H-pyrrole nitrogens is 1. The second-order valence-electron chi connectivity index (χ2n) is 19.7. The molecule has 2 saturated heterocycles. The summed E-state index contributed by atoms with van der Waals surface area (Å²) < 4.78 is 31.5. The van der Waals surface area contributed by atoms with Crippen molar-refractivity contribution in [3.05, 3.63) is 73.3 Å². The van der Waals surface area contributed by atoms with Crippen LogP contribution in [0, 0.1) is 11.8 Å². The van der Waals surface area contributed by atoms with Gasteiger partial charge in [-0.15, -0.1) is 0 Å². The first-order valence-corrected chi connectivity index (χ1v) is 25.6. The van der Waals surface area contributed by atoms with Crippen molar-refractivity contribution in [3.63, 3.8) is 0 Å². The molecule has 2 fully saturated rings. The number of hydrogen-bond acceptors (Lipinski definition) is 12. The number of rotatable bonds is 11. The molecule has 2 aromatic carbocycles. The number of benzene rings is 2. The lowest BCUT2D eigenvalue weighted by atomic mass is 9.98. The number of aromatic nitrogens is 6. The number of ether oxygens (including phenoxy) is 2. The van der Waals surface area contributed by atoms with E-state index in [-0.39, 0.29) is 24.9 Å². The summed E-state index contributed by atoms with van der Waals surface area (Å²) in [4.78, 5) is 39.4. The van der Waals surface area contributed by atoms with Crippen molar-refractivity contribution in [2.45, 2.75) is 91.0 Å². The number of nitrogens with zero attached hydrogens (tertiary/aromatic N) is 7. The van der Waals surface area contributed by atoms with Gasteiger partial charge in [0.1, 0.15) is 30.4 Å². The smallest absolute Gasteiger partial charge is 0.419 e. The zero-order valence-corrected chi connectivity index (χ0v) is 40.1. The summed E-state index contributed by atoms with van der Waals surface area (Å²) in [6, 6.07) is 15.5. The fourth-order valence-electron chi connectivity index (χ4n) is 7.81. The van der Waals surface area contributed by atoms with Crippen LogP contribution in [-0.4, -0.2) is 112 Å². The van der Waals surface area contributed by atoms with Crippen LogP contribution in [0.4, 0.5) is 21.1 Å². The van der Waals surface area contributed by atoms with E-state index in [1.165, 1.54) is 0 Å². The van der Waals surface area contributed by atoms with Crippen LogP contribution in [0.25, 0.3) is 44.3 Å². The Morgan fingerprint density at radius 3 is 1.82 bits per heavy atom. The third kappa shape index (κ3) is 11.5. The first-order chi connectivity index (χ1) is 30.9. The van der Waals surface area contributed by atoms with Gasteiger partial charge in [0.15, 0.2) is 0 Å². The Kier molecular flexibility index (Phi) is 14.5. The number of fused-ring (bicyclic) bond motifs is 2. The lowest BCUT2D eigenvalue weighted by Gasteiger charge is -2.36. The summed E-state index contributed by atoms with van der Waals surface area (Å²) in [5.74, 6) is 3.59. The monoisotopic (exact) mass is 908 g/mol. The van der Waals surface area contributed by atoms with Crippen molar-refractivity contribution in [2.24, 2.45) is 11.8 Å². The highest BCUT2D eigenvalue weighted by Crippen LogP contribution is 2.39. The summed E-state index contributed by atoms with van der Waals surface area (Å²) in [5, 5.41) is 20.6. The normalized spacial score (nSPS) is 15.6. The number of aliphatic hydroxyl groups excluding tert-OH is 2. The topological polar surface area (TPSA) is 164 Å². The molecule has 14 nitrogen and oxygen atoms in total. The molecule has 2 aliphatic rings. The van der Waals surface area contributed by atoms with Crippen molar-refractivity contribution in [2.75, 3.05) is 62.5 Å². The number of halogens is 1. The zero-order valence-electron chi connectivity index (χ0n) is 39.1. The fourth-order valence-corrected chi connectivity index (χ4v) is 8.83. The first-order valence-electron chi connectivity index (χ1n) is 22.7. The average Bonchev–Trinajstić information content (AvgIpc) is 3.89. The summed E-state index contributed by atoms with van der Waals surface area (Å²) in [7, 11) is -2.02. The van der Waals surface area contributed by atoms with Gasteiger partial charge in [-0.05, 0) is 125 Å². The molecule has 0 bridgehead atoms. The summed E-state index contributed by atoms with van der Waals surface area (Å²) in [6.07, 6.45) is 10.5. The molecule has 0 saturated carbocycles. The number of carbonyl (C=O) groups excluding carboxylic acids is 1. The van der Waals surface area contributed by atoms with Gasteiger partial charge in [0, 0.05) is 97.3 Å². The molecule has 8 rings (SSSR count). The van der Waals surface area contributed by atoms with Crippen LogP contribution in [0.1, 0.15) is 67.2 Å². The van der Waals surface area contributed by atoms with Crippen molar-refractivity contribution in [1.29, 1.82) is 0 Å². The molecule has 0 amide bonds. The highest BCUT2D eigenvalue weighted by atomic mass is 28.4. The van der Waals surface area contributed by atoms with E-state index in [1.54, 1.807) is 17.0 Å². The van der Waals surface area contributed by atoms with Crippen LogP contribution < -0.4 is 19.0 Å². The van der Waals surface area contributed by atoms with Crippen LogP contribution in [0.3, 0.4) is 0 Å². The van der Waals surface area contributed by atoms with Crippen LogP contribution in [0.2, 0.25) is 18.1 Å². The molecular weight excluding hydrogens is 844 g/mol. The van der Waals surface area contributed by atoms with E-state index in [4.69, 9.17) is 13.9 Å². The Balaban J connectivity index is 0.000000205. The Morgan fingerprint density at radius 2 is 1.29 bits per heavy atom. The minimum absolute atomic E-state index is 0.0631. The molecule has 0 unspecified atom stereocenters. The predicted molar refractivity (Wildman–Crippen MR) is 257 cm³/mol. The molecule has 0 atom stereocenters. The largest absolute Gasteiger partial charge is 0.543 e. The molecule has 2 aliphatic heterocycles. The Morgan fingerprint density at radius 1 is 0.754 bits per heavy atom. The van der Waals surface area contributed by atoms with Gasteiger partial charge < -0.3 is 38.9 Å². The summed E-state index contributed by atoms with van der Waals surface area (Å²) in [5.41, 5.74) is 4.32. The lowest BCUT2D eigenvalue weighted by Crippen LogP contribution is -2.43. The van der Waals surface area contributed by atoms with E-state index < -0.39 is 26.7 Å². The van der Waals surface area contributed by atoms with E-state index in [0.29, 0.717) is 29.2 Å². The molecule has 65 heavy (non-hydrogen) atoms. The van der Waals surface area contributed by atoms with Gasteiger partial charge in [-0.1, -0.05) is 20.8 Å². The van der Waals surface area contributed by atoms with Gasteiger partial charge in [0.2, 0.25) is 20.2 Å². The lowest BCUT2D eigenvalue weighted by molar-refractivity contribution is 0.0547. The number of carbonyl (C=O) groups is 1. The molecule has 6 heterocycles. The zero-order chi connectivity index (χ0) is 46.5. The number of piperidine rings is 2. The number of alkyl halides is 1. The molecule has 4 aromatic heterocycles. The maximum atomic E-state index is 13.4. The Bertz CT molecular complexity index is 2520. The van der Waals surface area contributed by atoms with Gasteiger partial charge >= 0.3 is 6.09 Å². The molecule has 0 aliphatic carbocycles. The van der Waals surface area contributed by atoms with Gasteiger partial charge in [-0.25, -0.2) is 33.7 Å². The van der Waals surface area contributed by atoms with E-state index in [1.807, 2.05) is 81.7 Å². The Hall–Kier alpha value is -5.58. The van der Waals surface area contributed by atoms with Crippen molar-refractivity contribution < 1.29 is 33.3 Å². The van der Waals surface area contributed by atoms with Crippen molar-refractivity contribution in [1.82, 2.24) is 29.5 Å². The average molecular weight is 909 g/mol. The van der Waals surface area contributed by atoms with Crippen LogP contribution in [-0.2, 0) is 4.74 Å². The quantitative estimate of drug-likeness (QED) is 0.106. The second-order valence-corrected chi connectivity index (χ2v) is 24.4. The van der Waals surface area contributed by atoms with E-state index >= 15 is 0 Å². The number of anilines is 2. The molecule has 16 heteroatoms. The highest BCUT2D eigenvalue weighted by Gasteiger charge is 2.39. The van der Waals surface area contributed by atoms with E-state index in [0.717, 1.165) is 102 Å². The SMILES string of the molecule is CC(C)(C)OC(=O)n1c(-c2cnc(N3CCC(CO)CC3)nc2)cc2cc(O[Si](C)(C)C(C)(C)C)ccc21.OCC1CCN(c2ncc(-c3cc4cc(OCCF)ccc4[nH]3)cn2)CC1. The van der Waals surface area contributed by atoms with Gasteiger partial charge in [0.05, 0.1) is 11.2 Å². The second kappa shape index (κ2) is 19.9. The first kappa shape index (κ1) is 47.4. The van der Waals surface area contributed by atoms with E-state index in [9.17, 15) is 19.4 Å². The fraction of sp³-hybridized carbons (Fsp3) is 0.490. The molecular formula is C49H65FN8O6Si. The van der Waals surface area contributed by atoms with Crippen molar-refractivity contribution in [3.8, 4) is 34.0 Å². The van der Waals surface area contributed by atoms with Crippen LogP contribution in [0.5, 0.6) is 11.5 Å². The van der Waals surface area contributed by atoms with Crippen molar-refractivity contribution >= 4 is 48.1 Å². The van der Waals surface area contributed by atoms with Gasteiger partial charge in [-0.2, -0.15) is 0 Å².